The van der Waals surface area contributed by atoms with Crippen molar-refractivity contribution in [2.75, 3.05) is 13.6 Å². The average Bonchev–Trinajstić information content (AvgIpc) is 2.79. The van der Waals surface area contributed by atoms with Crippen molar-refractivity contribution in [2.45, 2.75) is 25.8 Å². The zero-order valence-electron chi connectivity index (χ0n) is 9.11. The van der Waals surface area contributed by atoms with E-state index in [9.17, 15) is 4.79 Å². The Kier molecular flexibility index (Phi) is 3.54. The summed E-state index contributed by atoms with van der Waals surface area (Å²) < 4.78 is 0. The van der Waals surface area contributed by atoms with E-state index in [0.717, 1.165) is 32.4 Å². The van der Waals surface area contributed by atoms with E-state index in [4.69, 9.17) is 0 Å². The zero-order valence-corrected chi connectivity index (χ0v) is 9.93. The molecule has 1 heterocycles. The maximum atomic E-state index is 11.5. The van der Waals surface area contributed by atoms with Crippen LogP contribution in [0.25, 0.3) is 0 Å². The van der Waals surface area contributed by atoms with Gasteiger partial charge in [0.25, 0.3) is 0 Å². The fourth-order valence-electron chi connectivity index (χ4n) is 2.19. The lowest BCUT2D eigenvalue weighted by atomic mass is 10.1. The van der Waals surface area contributed by atoms with E-state index in [0.29, 0.717) is 11.7 Å². The van der Waals surface area contributed by atoms with Gasteiger partial charge in [0, 0.05) is 30.3 Å². The Morgan fingerprint density at radius 3 is 3.07 bits per heavy atom. The molecule has 2 nitrogen and oxygen atoms in total. The summed E-state index contributed by atoms with van der Waals surface area (Å²) in [6, 6.07) is 4.23. The van der Waals surface area contributed by atoms with Crippen LogP contribution in [0.15, 0.2) is 17.5 Å². The van der Waals surface area contributed by atoms with E-state index in [2.05, 4.69) is 29.5 Å². The maximum absolute atomic E-state index is 11.5. The van der Waals surface area contributed by atoms with Crippen LogP contribution in [0.4, 0.5) is 0 Å². The largest absolute Gasteiger partial charge is 0.301 e. The standard InChI is InChI=1S/C12H17NOS/c1-13(9-11-5-3-7-15-11)8-10-4-2-6-12(10)14/h3,5,7,10H,2,4,6,8-9H2,1H3. The topological polar surface area (TPSA) is 20.3 Å². The Morgan fingerprint density at radius 1 is 1.60 bits per heavy atom. The molecule has 0 radical (unpaired) electrons. The number of carbonyl (C=O) groups is 1. The first-order chi connectivity index (χ1) is 7.25. The molecule has 1 aliphatic carbocycles. The quantitative estimate of drug-likeness (QED) is 0.782. The summed E-state index contributed by atoms with van der Waals surface area (Å²) in [5.74, 6) is 0.767. The van der Waals surface area contributed by atoms with Crippen molar-refractivity contribution < 1.29 is 4.79 Å². The van der Waals surface area contributed by atoms with Gasteiger partial charge in [0.2, 0.25) is 0 Å². The molecular weight excluding hydrogens is 206 g/mol. The lowest BCUT2D eigenvalue weighted by molar-refractivity contribution is -0.121. The minimum absolute atomic E-state index is 0.301. The second kappa shape index (κ2) is 4.90. The minimum Gasteiger partial charge on any atom is -0.301 e. The highest BCUT2D eigenvalue weighted by Crippen LogP contribution is 2.22. The molecule has 1 aromatic rings. The van der Waals surface area contributed by atoms with E-state index < -0.39 is 0 Å². The average molecular weight is 223 g/mol. The van der Waals surface area contributed by atoms with Crippen LogP contribution in [-0.4, -0.2) is 24.3 Å². The van der Waals surface area contributed by atoms with Gasteiger partial charge in [0.05, 0.1) is 0 Å². The second-order valence-electron chi connectivity index (χ2n) is 4.33. The van der Waals surface area contributed by atoms with Crippen molar-refractivity contribution in [1.29, 1.82) is 0 Å². The summed E-state index contributed by atoms with van der Waals surface area (Å²) >= 11 is 1.78. The Bertz CT molecular complexity index is 320. The molecule has 1 unspecified atom stereocenters. The van der Waals surface area contributed by atoms with Crippen molar-refractivity contribution in [2.24, 2.45) is 5.92 Å². The SMILES string of the molecule is CN(Cc1cccs1)CC1CCCC1=O. The molecule has 0 aromatic carbocycles. The molecule has 0 saturated heterocycles. The summed E-state index contributed by atoms with van der Waals surface area (Å²) in [5, 5.41) is 2.10. The first-order valence-electron chi connectivity index (χ1n) is 5.49. The highest BCUT2D eigenvalue weighted by atomic mass is 32.1. The molecular formula is C12H17NOS. The van der Waals surface area contributed by atoms with Crippen molar-refractivity contribution >= 4 is 17.1 Å². The van der Waals surface area contributed by atoms with Gasteiger partial charge in [-0.05, 0) is 31.3 Å². The Balaban J connectivity index is 1.82. The van der Waals surface area contributed by atoms with Crippen molar-refractivity contribution in [1.82, 2.24) is 4.90 Å². The van der Waals surface area contributed by atoms with E-state index in [-0.39, 0.29) is 0 Å². The van der Waals surface area contributed by atoms with E-state index >= 15 is 0 Å². The van der Waals surface area contributed by atoms with Crippen molar-refractivity contribution in [3.8, 4) is 0 Å². The normalized spacial score (nSPS) is 21.5. The third-order valence-electron chi connectivity index (χ3n) is 2.97. The third-order valence-corrected chi connectivity index (χ3v) is 3.83. The molecule has 1 aliphatic rings. The molecule has 1 fully saturated rings. The van der Waals surface area contributed by atoms with Gasteiger partial charge in [-0.1, -0.05) is 6.07 Å². The molecule has 0 bridgehead atoms. The number of Topliss-reactive ketones (excluding diaryl/α,β-unsaturated/α-hetero) is 1. The zero-order chi connectivity index (χ0) is 10.7. The van der Waals surface area contributed by atoms with Gasteiger partial charge in [-0.2, -0.15) is 0 Å². The summed E-state index contributed by atoms with van der Waals surface area (Å²) in [5.41, 5.74) is 0. The molecule has 0 aliphatic heterocycles. The highest BCUT2D eigenvalue weighted by Gasteiger charge is 2.25. The van der Waals surface area contributed by atoms with Crippen LogP contribution in [-0.2, 0) is 11.3 Å². The number of carbonyl (C=O) groups excluding carboxylic acids is 1. The molecule has 2 rings (SSSR count). The molecule has 0 spiro atoms. The molecule has 3 heteroatoms. The van der Waals surface area contributed by atoms with Crippen LogP contribution in [0.3, 0.4) is 0 Å². The fourth-order valence-corrected chi connectivity index (χ4v) is 2.97. The lowest BCUT2D eigenvalue weighted by Crippen LogP contribution is -2.27. The lowest BCUT2D eigenvalue weighted by Gasteiger charge is -2.19. The van der Waals surface area contributed by atoms with Gasteiger partial charge in [-0.25, -0.2) is 0 Å². The first-order valence-corrected chi connectivity index (χ1v) is 6.37. The molecule has 15 heavy (non-hydrogen) atoms. The van der Waals surface area contributed by atoms with Crippen LogP contribution in [0.1, 0.15) is 24.1 Å². The fraction of sp³-hybridized carbons (Fsp3) is 0.583. The van der Waals surface area contributed by atoms with Crippen LogP contribution < -0.4 is 0 Å². The number of ketones is 1. The van der Waals surface area contributed by atoms with Crippen molar-refractivity contribution in [3.05, 3.63) is 22.4 Å². The molecule has 1 atom stereocenters. The van der Waals surface area contributed by atoms with Gasteiger partial charge in [0.15, 0.2) is 0 Å². The van der Waals surface area contributed by atoms with Gasteiger partial charge in [-0.15, -0.1) is 11.3 Å². The number of nitrogens with zero attached hydrogens (tertiary/aromatic N) is 1. The molecule has 1 saturated carbocycles. The molecule has 1 aromatic heterocycles. The highest BCUT2D eigenvalue weighted by molar-refractivity contribution is 7.09. The smallest absolute Gasteiger partial charge is 0.137 e. The minimum atomic E-state index is 0.301. The summed E-state index contributed by atoms with van der Waals surface area (Å²) in [7, 11) is 2.10. The van der Waals surface area contributed by atoms with E-state index in [1.807, 2.05) is 0 Å². The second-order valence-corrected chi connectivity index (χ2v) is 5.36. The molecule has 0 N–H and O–H groups in total. The predicted octanol–water partition coefficient (Wildman–Crippen LogP) is 2.55. The Labute approximate surface area is 94.9 Å². The third kappa shape index (κ3) is 2.89. The van der Waals surface area contributed by atoms with Crippen LogP contribution in [0, 0.1) is 5.92 Å². The van der Waals surface area contributed by atoms with Gasteiger partial charge < -0.3 is 4.90 Å². The first kappa shape index (κ1) is 10.8. The predicted molar refractivity (Wildman–Crippen MR) is 63.0 cm³/mol. The summed E-state index contributed by atoms with van der Waals surface area (Å²) in [4.78, 5) is 15.1. The number of thiophene rings is 1. The van der Waals surface area contributed by atoms with Crippen LogP contribution in [0.2, 0.25) is 0 Å². The van der Waals surface area contributed by atoms with E-state index in [1.165, 1.54) is 4.88 Å². The van der Waals surface area contributed by atoms with Crippen LogP contribution in [0.5, 0.6) is 0 Å². The van der Waals surface area contributed by atoms with Crippen LogP contribution >= 0.6 is 11.3 Å². The maximum Gasteiger partial charge on any atom is 0.137 e. The molecule has 0 amide bonds. The van der Waals surface area contributed by atoms with Gasteiger partial charge in [-0.3, -0.25) is 4.79 Å². The van der Waals surface area contributed by atoms with E-state index in [1.54, 1.807) is 11.3 Å². The van der Waals surface area contributed by atoms with Gasteiger partial charge >= 0.3 is 0 Å². The van der Waals surface area contributed by atoms with Crippen molar-refractivity contribution in [3.63, 3.8) is 0 Å². The number of rotatable bonds is 4. The van der Waals surface area contributed by atoms with Gasteiger partial charge in [0.1, 0.15) is 5.78 Å². The molecule has 82 valence electrons. The number of hydrogen-bond donors (Lipinski definition) is 0. The number of hydrogen-bond acceptors (Lipinski definition) is 3. The Morgan fingerprint density at radius 2 is 2.47 bits per heavy atom. The monoisotopic (exact) mass is 223 g/mol. The summed E-state index contributed by atoms with van der Waals surface area (Å²) in [6.07, 6.45) is 2.99. The summed E-state index contributed by atoms with van der Waals surface area (Å²) in [6.45, 7) is 1.90. The Hall–Kier alpha value is -0.670.